The molecule has 1 unspecified atom stereocenters. The van der Waals surface area contributed by atoms with Gasteiger partial charge in [-0.3, -0.25) is 15.1 Å². The van der Waals surface area contributed by atoms with Crippen molar-refractivity contribution >= 4 is 0 Å². The predicted molar refractivity (Wildman–Crippen MR) is 58.5 cm³/mol. The van der Waals surface area contributed by atoms with Gasteiger partial charge in [-0.05, 0) is 11.6 Å². The second-order valence-electron chi connectivity index (χ2n) is 3.71. The molecule has 0 N–H and O–H groups in total. The molecule has 0 bridgehead atoms. The maximum Gasteiger partial charge on any atom is 0.280 e. The van der Waals surface area contributed by atoms with Crippen LogP contribution in [0.4, 0.5) is 0 Å². The molecule has 1 aromatic heterocycles. The lowest BCUT2D eigenvalue weighted by atomic mass is 10.1. The summed E-state index contributed by atoms with van der Waals surface area (Å²) < 4.78 is 0. The van der Waals surface area contributed by atoms with Crippen molar-refractivity contribution in [1.82, 2.24) is 4.98 Å². The van der Waals surface area contributed by atoms with Crippen LogP contribution in [0.3, 0.4) is 0 Å². The van der Waals surface area contributed by atoms with E-state index >= 15 is 0 Å². The van der Waals surface area contributed by atoms with E-state index in [4.69, 9.17) is 0 Å². The Morgan fingerprint density at radius 2 is 1.88 bits per heavy atom. The zero-order valence-electron chi connectivity index (χ0n) is 8.33. The van der Waals surface area contributed by atoms with Crippen molar-refractivity contribution in [3.05, 3.63) is 64.0 Å². The molecule has 78 valence electrons. The SMILES string of the molecule is O=[N+]([O-])C1c2ccccc2-c2cccnc21. The van der Waals surface area contributed by atoms with E-state index in [0.717, 1.165) is 16.7 Å². The average Bonchev–Trinajstić information content (AvgIpc) is 2.63. The van der Waals surface area contributed by atoms with Gasteiger partial charge in [-0.25, -0.2) is 0 Å². The second kappa shape index (κ2) is 3.13. The summed E-state index contributed by atoms with van der Waals surface area (Å²) in [5.74, 6) is 0. The average molecular weight is 212 g/mol. The highest BCUT2D eigenvalue weighted by molar-refractivity contribution is 5.76. The Balaban J connectivity index is 2.34. The van der Waals surface area contributed by atoms with Gasteiger partial charge in [-0.2, -0.15) is 0 Å². The van der Waals surface area contributed by atoms with Crippen molar-refractivity contribution in [2.24, 2.45) is 0 Å². The van der Waals surface area contributed by atoms with E-state index in [2.05, 4.69) is 4.98 Å². The minimum Gasteiger partial charge on any atom is -0.263 e. The third-order valence-electron chi connectivity index (χ3n) is 2.85. The fourth-order valence-electron chi connectivity index (χ4n) is 2.20. The molecule has 1 aromatic carbocycles. The van der Waals surface area contributed by atoms with Crippen LogP contribution in [0.1, 0.15) is 17.3 Å². The lowest BCUT2D eigenvalue weighted by Crippen LogP contribution is -2.09. The first kappa shape index (κ1) is 9.03. The molecule has 0 fully saturated rings. The van der Waals surface area contributed by atoms with Gasteiger partial charge in [0.2, 0.25) is 0 Å². The van der Waals surface area contributed by atoms with Crippen LogP contribution in [0.5, 0.6) is 0 Å². The van der Waals surface area contributed by atoms with Crippen molar-refractivity contribution in [3.63, 3.8) is 0 Å². The van der Waals surface area contributed by atoms with E-state index in [0.29, 0.717) is 5.69 Å². The van der Waals surface area contributed by atoms with E-state index in [-0.39, 0.29) is 4.92 Å². The number of hydrogen-bond acceptors (Lipinski definition) is 3. The molecule has 1 atom stereocenters. The molecule has 4 nitrogen and oxygen atoms in total. The maximum atomic E-state index is 11.1. The van der Waals surface area contributed by atoms with Gasteiger partial charge in [0, 0.05) is 22.2 Å². The van der Waals surface area contributed by atoms with Crippen molar-refractivity contribution in [2.75, 3.05) is 0 Å². The summed E-state index contributed by atoms with van der Waals surface area (Å²) in [6.45, 7) is 0. The van der Waals surface area contributed by atoms with Crippen molar-refractivity contribution < 1.29 is 4.92 Å². The highest BCUT2D eigenvalue weighted by atomic mass is 16.6. The monoisotopic (exact) mass is 212 g/mol. The summed E-state index contributed by atoms with van der Waals surface area (Å²) in [5, 5.41) is 11.1. The molecule has 0 amide bonds. The Morgan fingerprint density at radius 1 is 1.12 bits per heavy atom. The number of rotatable bonds is 1. The summed E-state index contributed by atoms with van der Waals surface area (Å²) in [4.78, 5) is 14.9. The van der Waals surface area contributed by atoms with Gasteiger partial charge in [0.25, 0.3) is 6.04 Å². The number of nitro groups is 1. The van der Waals surface area contributed by atoms with Gasteiger partial charge < -0.3 is 0 Å². The number of hydrogen-bond donors (Lipinski definition) is 0. The highest BCUT2D eigenvalue weighted by Gasteiger charge is 2.37. The van der Waals surface area contributed by atoms with Crippen LogP contribution in [0.15, 0.2) is 42.6 Å². The Bertz CT molecular complexity index is 535. The molecule has 16 heavy (non-hydrogen) atoms. The van der Waals surface area contributed by atoms with E-state index < -0.39 is 6.04 Å². The number of benzene rings is 1. The third-order valence-corrected chi connectivity index (χ3v) is 2.85. The van der Waals surface area contributed by atoms with Gasteiger partial charge in [0.05, 0.1) is 0 Å². The molecular formula is C12H8N2O2. The van der Waals surface area contributed by atoms with Crippen molar-refractivity contribution in [1.29, 1.82) is 0 Å². The summed E-state index contributed by atoms with van der Waals surface area (Å²) in [6.07, 6.45) is 1.60. The first-order chi connectivity index (χ1) is 7.79. The Morgan fingerprint density at radius 3 is 2.69 bits per heavy atom. The molecule has 1 heterocycles. The first-order valence-corrected chi connectivity index (χ1v) is 4.97. The van der Waals surface area contributed by atoms with Gasteiger partial charge in [-0.15, -0.1) is 0 Å². The van der Waals surface area contributed by atoms with E-state index in [1.54, 1.807) is 18.3 Å². The lowest BCUT2D eigenvalue weighted by molar-refractivity contribution is -0.517. The molecular weight excluding hydrogens is 204 g/mol. The molecule has 4 heteroatoms. The number of aromatic nitrogens is 1. The third kappa shape index (κ3) is 1.07. The molecule has 1 aliphatic carbocycles. The first-order valence-electron chi connectivity index (χ1n) is 4.97. The van der Waals surface area contributed by atoms with Gasteiger partial charge in [0.1, 0.15) is 5.69 Å². The van der Waals surface area contributed by atoms with Crippen LogP contribution in [0.2, 0.25) is 0 Å². The summed E-state index contributed by atoms with van der Waals surface area (Å²) >= 11 is 0. The topological polar surface area (TPSA) is 56.0 Å². The molecule has 0 radical (unpaired) electrons. The zero-order valence-corrected chi connectivity index (χ0v) is 8.33. The fraction of sp³-hybridized carbons (Fsp3) is 0.0833. The van der Waals surface area contributed by atoms with Crippen molar-refractivity contribution in [2.45, 2.75) is 6.04 Å². The number of nitrogens with zero attached hydrogens (tertiary/aromatic N) is 2. The zero-order chi connectivity index (χ0) is 11.1. The quantitative estimate of drug-likeness (QED) is 0.538. The fourth-order valence-corrected chi connectivity index (χ4v) is 2.20. The molecule has 1 aliphatic rings. The molecule has 0 saturated heterocycles. The highest BCUT2D eigenvalue weighted by Crippen LogP contribution is 2.43. The van der Waals surface area contributed by atoms with Gasteiger partial charge in [-0.1, -0.05) is 30.3 Å². The standard InChI is InChI=1S/C12H8N2O2/c15-14(16)12-10-5-2-1-4-8(10)9-6-3-7-13-11(9)12/h1-7,12H. The molecule has 0 spiro atoms. The van der Waals surface area contributed by atoms with Crippen LogP contribution >= 0.6 is 0 Å². The molecule has 3 rings (SSSR count). The number of fused-ring (bicyclic) bond motifs is 3. The predicted octanol–water partition coefficient (Wildman–Crippen LogP) is 2.43. The minimum absolute atomic E-state index is 0.280. The van der Waals surface area contributed by atoms with Crippen molar-refractivity contribution in [3.8, 4) is 11.1 Å². The van der Waals surface area contributed by atoms with Crippen LogP contribution in [0.25, 0.3) is 11.1 Å². The van der Waals surface area contributed by atoms with Gasteiger partial charge in [0.15, 0.2) is 0 Å². The van der Waals surface area contributed by atoms with Gasteiger partial charge >= 0.3 is 0 Å². The number of pyridine rings is 1. The van der Waals surface area contributed by atoms with Crippen LogP contribution in [-0.4, -0.2) is 9.91 Å². The largest absolute Gasteiger partial charge is 0.280 e. The second-order valence-corrected chi connectivity index (χ2v) is 3.71. The normalized spacial score (nSPS) is 16.6. The molecule has 0 aliphatic heterocycles. The van der Waals surface area contributed by atoms with E-state index in [1.165, 1.54) is 0 Å². The van der Waals surface area contributed by atoms with E-state index in [1.807, 2.05) is 24.3 Å². The minimum atomic E-state index is -0.813. The maximum absolute atomic E-state index is 11.1. The summed E-state index contributed by atoms with van der Waals surface area (Å²) in [5.41, 5.74) is 3.09. The van der Waals surface area contributed by atoms with Crippen LogP contribution < -0.4 is 0 Å². The smallest absolute Gasteiger partial charge is 0.263 e. The Kier molecular flexibility index (Phi) is 1.77. The summed E-state index contributed by atoms with van der Waals surface area (Å²) in [7, 11) is 0. The van der Waals surface area contributed by atoms with Crippen LogP contribution in [-0.2, 0) is 0 Å². The molecule has 0 saturated carbocycles. The molecule has 2 aromatic rings. The Labute approximate surface area is 91.7 Å². The lowest BCUT2D eigenvalue weighted by Gasteiger charge is -2.02. The summed E-state index contributed by atoms with van der Waals surface area (Å²) in [6, 6.07) is 10.3. The van der Waals surface area contributed by atoms with Crippen LogP contribution in [0, 0.1) is 10.1 Å². The Hall–Kier alpha value is -2.23. The van der Waals surface area contributed by atoms with E-state index in [9.17, 15) is 10.1 Å².